The first-order valence-electron chi connectivity index (χ1n) is 12.0. The van der Waals surface area contributed by atoms with Crippen molar-refractivity contribution in [3.05, 3.63) is 63.8 Å². The fraction of sp³-hybridized carbons (Fsp3) is 0.444. The zero-order valence-corrected chi connectivity index (χ0v) is 21.5. The van der Waals surface area contributed by atoms with E-state index < -0.39 is 5.97 Å². The van der Waals surface area contributed by atoms with Gasteiger partial charge in [0.2, 0.25) is 0 Å². The van der Waals surface area contributed by atoms with Crippen LogP contribution in [0.3, 0.4) is 0 Å². The Balaban J connectivity index is 1.36. The van der Waals surface area contributed by atoms with Crippen LogP contribution in [0.5, 0.6) is 5.75 Å². The lowest BCUT2D eigenvalue weighted by molar-refractivity contribution is 0.0691. The fourth-order valence-corrected chi connectivity index (χ4v) is 5.16. The molecule has 0 atom stereocenters. The maximum atomic E-state index is 11.5. The van der Waals surface area contributed by atoms with Crippen molar-refractivity contribution in [2.24, 2.45) is 0 Å². The molecule has 0 unspecified atom stereocenters. The van der Waals surface area contributed by atoms with E-state index in [2.05, 4.69) is 49.8 Å². The molecule has 182 valence electrons. The Kier molecular flexibility index (Phi) is 8.29. The smallest absolute Gasteiger partial charge is 0.339 e. The average Bonchev–Trinajstić information content (AvgIpc) is 3.18. The summed E-state index contributed by atoms with van der Waals surface area (Å²) in [4.78, 5) is 13.9. The van der Waals surface area contributed by atoms with Crippen LogP contribution < -0.4 is 4.74 Å². The molecule has 6 nitrogen and oxygen atoms in total. The quantitative estimate of drug-likeness (QED) is 0.341. The number of aromatic nitrogens is 1. The number of aryl methyl sites for hydroxylation is 1. The van der Waals surface area contributed by atoms with Crippen molar-refractivity contribution in [1.29, 1.82) is 0 Å². The summed E-state index contributed by atoms with van der Waals surface area (Å²) >= 11 is 3.65. The van der Waals surface area contributed by atoms with Crippen LogP contribution in [0, 0.1) is 6.92 Å². The highest BCUT2D eigenvalue weighted by Crippen LogP contribution is 2.35. The van der Waals surface area contributed by atoms with Crippen LogP contribution in [0.15, 0.2) is 47.1 Å². The van der Waals surface area contributed by atoms with Gasteiger partial charge in [-0.1, -0.05) is 27.6 Å². The topological polar surface area (TPSA) is 63.9 Å². The molecule has 0 bridgehead atoms. The minimum atomic E-state index is -0.952. The summed E-state index contributed by atoms with van der Waals surface area (Å²) in [7, 11) is 0. The number of carboxylic acids is 1. The molecule has 1 aliphatic heterocycles. The first kappa shape index (κ1) is 24.8. The first-order valence-corrected chi connectivity index (χ1v) is 12.8. The largest absolute Gasteiger partial charge is 0.491 e. The molecular weight excluding hydrogens is 496 g/mol. The first-order chi connectivity index (χ1) is 16.5. The molecule has 1 N–H and O–H groups in total. The van der Waals surface area contributed by atoms with Gasteiger partial charge in [-0.25, -0.2) is 4.79 Å². The molecule has 0 saturated carbocycles. The number of rotatable bonds is 10. The van der Waals surface area contributed by atoms with E-state index in [4.69, 9.17) is 9.47 Å². The second kappa shape index (κ2) is 11.4. The van der Waals surface area contributed by atoms with Crippen molar-refractivity contribution in [2.75, 3.05) is 39.5 Å². The molecule has 1 aromatic heterocycles. The summed E-state index contributed by atoms with van der Waals surface area (Å²) in [6.45, 7) is 9.52. The van der Waals surface area contributed by atoms with Crippen LogP contribution >= 0.6 is 15.9 Å². The van der Waals surface area contributed by atoms with Crippen molar-refractivity contribution >= 4 is 32.8 Å². The van der Waals surface area contributed by atoms with Crippen molar-refractivity contribution in [1.82, 2.24) is 9.47 Å². The molecule has 2 aromatic carbocycles. The Hall–Kier alpha value is -2.35. The molecular formula is C27H33BrN2O4. The highest BCUT2D eigenvalue weighted by molar-refractivity contribution is 9.10. The van der Waals surface area contributed by atoms with E-state index >= 15 is 0 Å². The monoisotopic (exact) mass is 528 g/mol. The zero-order chi connectivity index (χ0) is 24.1. The van der Waals surface area contributed by atoms with Gasteiger partial charge in [-0.3, -0.25) is 4.90 Å². The van der Waals surface area contributed by atoms with Gasteiger partial charge in [-0.2, -0.15) is 0 Å². The van der Waals surface area contributed by atoms with Gasteiger partial charge in [0.05, 0.1) is 6.61 Å². The SMILES string of the molecule is CCOCCn1cc(C2CCN(CCOc3ccc(C)cc3C(=O)O)CC2)c2cc(Br)ccc21. The van der Waals surface area contributed by atoms with Crippen LogP contribution in [0.2, 0.25) is 0 Å². The number of hydrogen-bond donors (Lipinski definition) is 1. The lowest BCUT2D eigenvalue weighted by Gasteiger charge is -2.31. The predicted molar refractivity (Wildman–Crippen MR) is 138 cm³/mol. The fourth-order valence-electron chi connectivity index (χ4n) is 4.80. The summed E-state index contributed by atoms with van der Waals surface area (Å²) in [6, 6.07) is 11.8. The molecule has 0 aliphatic carbocycles. The minimum absolute atomic E-state index is 0.227. The number of halogens is 1. The van der Waals surface area contributed by atoms with Crippen LogP contribution in [0.25, 0.3) is 10.9 Å². The predicted octanol–water partition coefficient (Wildman–Crippen LogP) is 5.71. The van der Waals surface area contributed by atoms with Crippen molar-refractivity contribution in [3.63, 3.8) is 0 Å². The van der Waals surface area contributed by atoms with Crippen LogP contribution in [-0.2, 0) is 11.3 Å². The van der Waals surface area contributed by atoms with Gasteiger partial charge in [0.1, 0.15) is 17.9 Å². The van der Waals surface area contributed by atoms with E-state index in [-0.39, 0.29) is 5.56 Å². The molecule has 1 fully saturated rings. The number of piperidine rings is 1. The summed E-state index contributed by atoms with van der Waals surface area (Å²) in [5.74, 6) is 0.0167. The maximum Gasteiger partial charge on any atom is 0.339 e. The second-order valence-corrected chi connectivity index (χ2v) is 9.82. The molecule has 3 aromatic rings. The number of nitrogens with zero attached hydrogens (tertiary/aromatic N) is 2. The van der Waals surface area contributed by atoms with Crippen LogP contribution in [0.4, 0.5) is 0 Å². The molecule has 0 spiro atoms. The summed E-state index contributed by atoms with van der Waals surface area (Å²) in [5, 5.41) is 10.8. The number of ether oxygens (including phenoxy) is 2. The van der Waals surface area contributed by atoms with Crippen molar-refractivity contribution in [2.45, 2.75) is 39.2 Å². The molecule has 1 saturated heterocycles. The van der Waals surface area contributed by atoms with Crippen LogP contribution in [-0.4, -0.2) is 60.0 Å². The number of benzene rings is 2. The number of hydrogen-bond acceptors (Lipinski definition) is 4. The number of carbonyl (C=O) groups is 1. The molecule has 4 rings (SSSR count). The van der Waals surface area contributed by atoms with Crippen LogP contribution in [0.1, 0.15) is 47.2 Å². The Bertz CT molecular complexity index is 1140. The molecule has 7 heteroatoms. The standard InChI is InChI=1S/C27H33BrN2O4/c1-3-33-14-13-30-18-24(22-17-21(28)5-6-25(22)30)20-8-10-29(11-9-20)12-15-34-26-7-4-19(2)16-23(26)27(31)32/h4-7,16-18,20H,3,8-15H2,1-2H3,(H,31,32). The van der Waals surface area contributed by atoms with E-state index in [1.54, 1.807) is 12.1 Å². The van der Waals surface area contributed by atoms with E-state index in [0.717, 1.165) is 62.3 Å². The lowest BCUT2D eigenvalue weighted by atomic mass is 9.89. The van der Waals surface area contributed by atoms with E-state index in [1.165, 1.54) is 16.5 Å². The Morgan fingerprint density at radius 3 is 2.65 bits per heavy atom. The molecule has 0 amide bonds. The summed E-state index contributed by atoms with van der Waals surface area (Å²) < 4.78 is 14.9. The van der Waals surface area contributed by atoms with Crippen molar-refractivity contribution in [3.8, 4) is 5.75 Å². The van der Waals surface area contributed by atoms with E-state index in [0.29, 0.717) is 18.3 Å². The van der Waals surface area contributed by atoms with Gasteiger partial charge >= 0.3 is 5.97 Å². The second-order valence-electron chi connectivity index (χ2n) is 8.91. The zero-order valence-electron chi connectivity index (χ0n) is 19.9. The van der Waals surface area contributed by atoms with Gasteiger partial charge in [-0.15, -0.1) is 0 Å². The summed E-state index contributed by atoms with van der Waals surface area (Å²) in [5.41, 5.74) is 3.83. The third-order valence-corrected chi connectivity index (χ3v) is 7.11. The van der Waals surface area contributed by atoms with Gasteiger partial charge in [0, 0.05) is 41.3 Å². The Morgan fingerprint density at radius 1 is 1.12 bits per heavy atom. The molecule has 0 radical (unpaired) electrons. The minimum Gasteiger partial charge on any atom is -0.491 e. The third kappa shape index (κ3) is 5.82. The average molecular weight is 529 g/mol. The number of carboxylic acid groups (broad SMARTS) is 1. The van der Waals surface area contributed by atoms with E-state index in [1.807, 2.05) is 19.9 Å². The van der Waals surface area contributed by atoms with Gasteiger partial charge in [0.15, 0.2) is 0 Å². The molecule has 1 aliphatic rings. The lowest BCUT2D eigenvalue weighted by Crippen LogP contribution is -2.35. The Morgan fingerprint density at radius 2 is 1.91 bits per heavy atom. The van der Waals surface area contributed by atoms with Crippen molar-refractivity contribution < 1.29 is 19.4 Å². The van der Waals surface area contributed by atoms with Gasteiger partial charge in [-0.05, 0) is 81.6 Å². The highest BCUT2D eigenvalue weighted by Gasteiger charge is 2.24. The van der Waals surface area contributed by atoms with Gasteiger partial charge in [0.25, 0.3) is 0 Å². The molecule has 2 heterocycles. The third-order valence-electron chi connectivity index (χ3n) is 6.61. The maximum absolute atomic E-state index is 11.5. The normalized spacial score (nSPS) is 15.1. The van der Waals surface area contributed by atoms with E-state index in [9.17, 15) is 9.90 Å². The number of fused-ring (bicyclic) bond motifs is 1. The highest BCUT2D eigenvalue weighted by atomic mass is 79.9. The summed E-state index contributed by atoms with van der Waals surface area (Å²) in [6.07, 6.45) is 4.52. The number of aromatic carboxylic acids is 1. The molecule has 34 heavy (non-hydrogen) atoms. The Labute approximate surface area is 209 Å². The number of likely N-dealkylation sites (tertiary alicyclic amines) is 1. The van der Waals surface area contributed by atoms with Gasteiger partial charge < -0.3 is 19.1 Å².